The highest BCUT2D eigenvalue weighted by Crippen LogP contribution is 2.15. The van der Waals surface area contributed by atoms with Crippen molar-refractivity contribution in [2.45, 2.75) is 33.1 Å². The third-order valence-corrected chi connectivity index (χ3v) is 4.31. The van der Waals surface area contributed by atoms with Crippen LogP contribution in [0.25, 0.3) is 0 Å². The summed E-state index contributed by atoms with van der Waals surface area (Å²) in [5.41, 5.74) is 3.78. The highest BCUT2D eigenvalue weighted by Gasteiger charge is 2.12. The van der Waals surface area contributed by atoms with Crippen molar-refractivity contribution in [1.29, 1.82) is 0 Å². The summed E-state index contributed by atoms with van der Waals surface area (Å²) in [6, 6.07) is 12.3. The summed E-state index contributed by atoms with van der Waals surface area (Å²) >= 11 is 0. The van der Waals surface area contributed by atoms with Gasteiger partial charge in [0.15, 0.2) is 5.78 Å². The van der Waals surface area contributed by atoms with Crippen LogP contribution in [0, 0.1) is 13.8 Å². The van der Waals surface area contributed by atoms with Gasteiger partial charge in [0.1, 0.15) is 6.54 Å². The van der Waals surface area contributed by atoms with Crippen molar-refractivity contribution in [1.82, 2.24) is 5.32 Å². The predicted octanol–water partition coefficient (Wildman–Crippen LogP) is 2.65. The SMILES string of the molecule is Cc1ccc(C)c(C(=O)CCC(=O)Nc2ccc(CC(=O)NCC(=O)O)cc2)c1. The Morgan fingerprint density at radius 1 is 0.897 bits per heavy atom. The highest BCUT2D eigenvalue weighted by atomic mass is 16.4. The number of hydrogen-bond acceptors (Lipinski definition) is 4. The van der Waals surface area contributed by atoms with Crippen LogP contribution in [-0.2, 0) is 20.8 Å². The zero-order valence-corrected chi connectivity index (χ0v) is 16.5. The molecule has 0 heterocycles. The number of carboxylic acids is 1. The summed E-state index contributed by atoms with van der Waals surface area (Å²) in [4.78, 5) is 46.5. The smallest absolute Gasteiger partial charge is 0.322 e. The van der Waals surface area contributed by atoms with Crippen molar-refractivity contribution in [3.05, 3.63) is 64.7 Å². The van der Waals surface area contributed by atoms with E-state index in [-0.39, 0.29) is 31.0 Å². The molecule has 0 spiro atoms. The van der Waals surface area contributed by atoms with E-state index in [9.17, 15) is 19.2 Å². The number of anilines is 1. The van der Waals surface area contributed by atoms with Crippen molar-refractivity contribution in [2.75, 3.05) is 11.9 Å². The van der Waals surface area contributed by atoms with Crippen molar-refractivity contribution >= 4 is 29.3 Å². The molecule has 0 radical (unpaired) electrons. The van der Waals surface area contributed by atoms with E-state index in [0.29, 0.717) is 16.8 Å². The average molecular weight is 396 g/mol. The fourth-order valence-electron chi connectivity index (χ4n) is 2.75. The Morgan fingerprint density at radius 2 is 1.59 bits per heavy atom. The Bertz CT molecular complexity index is 919. The first kappa shape index (κ1) is 21.8. The number of ketones is 1. The first-order chi connectivity index (χ1) is 13.7. The van der Waals surface area contributed by atoms with Crippen LogP contribution in [0.15, 0.2) is 42.5 Å². The van der Waals surface area contributed by atoms with Gasteiger partial charge in [-0.2, -0.15) is 0 Å². The van der Waals surface area contributed by atoms with E-state index in [1.807, 2.05) is 32.0 Å². The molecule has 0 aromatic heterocycles. The number of nitrogens with one attached hydrogen (secondary N) is 2. The Kier molecular flexibility index (Phi) is 7.65. The predicted molar refractivity (Wildman–Crippen MR) is 109 cm³/mol. The van der Waals surface area contributed by atoms with Gasteiger partial charge in [0.25, 0.3) is 0 Å². The molecule has 29 heavy (non-hydrogen) atoms. The van der Waals surface area contributed by atoms with Crippen molar-refractivity contribution < 1.29 is 24.3 Å². The van der Waals surface area contributed by atoms with Crippen LogP contribution in [0.3, 0.4) is 0 Å². The Morgan fingerprint density at radius 3 is 2.24 bits per heavy atom. The summed E-state index contributed by atoms with van der Waals surface area (Å²) in [7, 11) is 0. The molecule has 2 aromatic rings. The van der Waals surface area contributed by atoms with Crippen LogP contribution in [0.2, 0.25) is 0 Å². The standard InChI is InChI=1S/C22H24N2O5/c1-14-3-4-15(2)18(11-14)19(25)9-10-20(26)24-17-7-5-16(6-8-17)12-21(27)23-13-22(28)29/h3-8,11H,9-10,12-13H2,1-2H3,(H,23,27)(H,24,26)(H,28,29). The fraction of sp³-hybridized carbons (Fsp3) is 0.273. The van der Waals surface area contributed by atoms with E-state index in [2.05, 4.69) is 10.6 Å². The van der Waals surface area contributed by atoms with E-state index >= 15 is 0 Å². The zero-order valence-electron chi connectivity index (χ0n) is 16.5. The van der Waals surface area contributed by atoms with E-state index in [0.717, 1.165) is 11.1 Å². The molecule has 3 N–H and O–H groups in total. The molecule has 0 saturated heterocycles. The molecule has 2 amide bonds. The number of benzene rings is 2. The largest absolute Gasteiger partial charge is 0.480 e. The molecule has 0 bridgehead atoms. The molecule has 152 valence electrons. The second kappa shape index (κ2) is 10.2. The van der Waals surface area contributed by atoms with Gasteiger partial charge < -0.3 is 15.7 Å². The second-order valence-electron chi connectivity index (χ2n) is 6.83. The number of hydrogen-bond donors (Lipinski definition) is 3. The minimum absolute atomic E-state index is 0.0475. The molecule has 2 aromatic carbocycles. The van der Waals surface area contributed by atoms with Gasteiger partial charge in [-0.05, 0) is 43.2 Å². The molecule has 7 nitrogen and oxygen atoms in total. The number of amides is 2. The number of carboxylic acid groups (broad SMARTS) is 1. The lowest BCUT2D eigenvalue weighted by Gasteiger charge is -2.08. The van der Waals surface area contributed by atoms with Crippen molar-refractivity contribution in [3.8, 4) is 0 Å². The minimum atomic E-state index is -1.10. The maximum absolute atomic E-state index is 12.4. The summed E-state index contributed by atoms with van der Waals surface area (Å²) in [6.07, 6.45) is 0.245. The van der Waals surface area contributed by atoms with E-state index < -0.39 is 18.4 Å². The van der Waals surface area contributed by atoms with Crippen LogP contribution < -0.4 is 10.6 Å². The molecule has 2 rings (SSSR count). The van der Waals surface area contributed by atoms with Gasteiger partial charge in [-0.25, -0.2) is 0 Å². The third kappa shape index (κ3) is 7.21. The van der Waals surface area contributed by atoms with Gasteiger partial charge in [0.2, 0.25) is 11.8 Å². The Labute approximate surface area is 169 Å². The van der Waals surface area contributed by atoms with Gasteiger partial charge in [-0.1, -0.05) is 29.8 Å². The zero-order chi connectivity index (χ0) is 21.4. The molecular formula is C22H24N2O5. The molecule has 0 saturated carbocycles. The lowest BCUT2D eigenvalue weighted by molar-refractivity contribution is -0.137. The molecule has 0 unspecified atom stereocenters. The monoisotopic (exact) mass is 396 g/mol. The number of Topliss-reactive ketones (excluding diaryl/α,β-unsaturated/α-hetero) is 1. The number of aryl methyl sites for hydroxylation is 2. The van der Waals surface area contributed by atoms with Crippen LogP contribution in [0.4, 0.5) is 5.69 Å². The summed E-state index contributed by atoms with van der Waals surface area (Å²) < 4.78 is 0. The van der Waals surface area contributed by atoms with Crippen LogP contribution in [0.5, 0.6) is 0 Å². The van der Waals surface area contributed by atoms with E-state index in [1.165, 1.54) is 0 Å². The molecule has 7 heteroatoms. The summed E-state index contributed by atoms with van der Waals surface area (Å²) in [5, 5.41) is 13.6. The normalized spacial score (nSPS) is 10.3. The van der Waals surface area contributed by atoms with Gasteiger partial charge in [0.05, 0.1) is 6.42 Å². The molecule has 0 aliphatic rings. The number of carbonyl (C=O) groups excluding carboxylic acids is 3. The number of carbonyl (C=O) groups is 4. The van der Waals surface area contributed by atoms with Crippen LogP contribution >= 0.6 is 0 Å². The summed E-state index contributed by atoms with van der Waals surface area (Å²) in [5.74, 6) is -1.83. The quantitative estimate of drug-likeness (QED) is 0.564. The van der Waals surface area contributed by atoms with Gasteiger partial charge in [-0.3, -0.25) is 19.2 Å². The van der Waals surface area contributed by atoms with Crippen LogP contribution in [-0.4, -0.2) is 35.2 Å². The lowest BCUT2D eigenvalue weighted by atomic mass is 9.99. The molecule has 0 atom stereocenters. The third-order valence-electron chi connectivity index (χ3n) is 4.31. The second-order valence-corrected chi connectivity index (χ2v) is 6.83. The highest BCUT2D eigenvalue weighted by molar-refractivity contribution is 6.01. The Hall–Kier alpha value is -3.48. The lowest BCUT2D eigenvalue weighted by Crippen LogP contribution is -2.30. The maximum Gasteiger partial charge on any atom is 0.322 e. The topological polar surface area (TPSA) is 113 Å². The molecule has 0 aliphatic heterocycles. The van der Waals surface area contributed by atoms with E-state index in [1.54, 1.807) is 24.3 Å². The molecule has 0 fully saturated rings. The maximum atomic E-state index is 12.4. The van der Waals surface area contributed by atoms with Crippen molar-refractivity contribution in [3.63, 3.8) is 0 Å². The molecular weight excluding hydrogens is 372 g/mol. The minimum Gasteiger partial charge on any atom is -0.480 e. The molecule has 0 aliphatic carbocycles. The number of rotatable bonds is 9. The first-order valence-corrected chi connectivity index (χ1v) is 9.22. The van der Waals surface area contributed by atoms with E-state index in [4.69, 9.17) is 5.11 Å². The average Bonchev–Trinajstić information content (AvgIpc) is 2.68. The number of aliphatic carboxylic acids is 1. The first-order valence-electron chi connectivity index (χ1n) is 9.22. The van der Waals surface area contributed by atoms with Gasteiger partial charge >= 0.3 is 5.97 Å². The fourth-order valence-corrected chi connectivity index (χ4v) is 2.75. The van der Waals surface area contributed by atoms with Gasteiger partial charge in [-0.15, -0.1) is 0 Å². The van der Waals surface area contributed by atoms with Crippen LogP contribution in [0.1, 0.15) is 39.9 Å². The van der Waals surface area contributed by atoms with Crippen molar-refractivity contribution in [2.24, 2.45) is 0 Å². The van der Waals surface area contributed by atoms with Gasteiger partial charge in [0, 0.05) is 24.1 Å². The Balaban J connectivity index is 1.83. The summed E-state index contributed by atoms with van der Waals surface area (Å²) in [6.45, 7) is 3.37.